The van der Waals surface area contributed by atoms with Gasteiger partial charge in [0.25, 0.3) is 0 Å². The van der Waals surface area contributed by atoms with Crippen molar-refractivity contribution in [3.8, 4) is 5.75 Å². The fourth-order valence-electron chi connectivity index (χ4n) is 2.62. The maximum atomic E-state index is 12.3. The third-order valence-corrected chi connectivity index (χ3v) is 5.50. The smallest absolute Gasteiger partial charge is 0.248 e. The molecule has 0 saturated carbocycles. The topological polar surface area (TPSA) is 97.6 Å². The molecule has 8 heteroatoms. The summed E-state index contributed by atoms with van der Waals surface area (Å²) in [5.74, 6) is 0.798. The van der Waals surface area contributed by atoms with Crippen molar-refractivity contribution >= 4 is 27.7 Å². The van der Waals surface area contributed by atoms with Gasteiger partial charge in [-0.1, -0.05) is 24.3 Å². The first-order valence-electron chi connectivity index (χ1n) is 9.31. The lowest BCUT2D eigenvalue weighted by atomic mass is 10.2. The van der Waals surface area contributed by atoms with Gasteiger partial charge in [0.1, 0.15) is 11.5 Å². The van der Waals surface area contributed by atoms with E-state index < -0.39 is 10.0 Å². The molecule has 0 aliphatic carbocycles. The first-order chi connectivity index (χ1) is 14.5. The number of hydrogen-bond donors (Lipinski definition) is 2. The predicted octanol–water partition coefficient (Wildman–Crippen LogP) is 3.81. The summed E-state index contributed by atoms with van der Waals surface area (Å²) in [4.78, 5) is 12.3. The van der Waals surface area contributed by atoms with Gasteiger partial charge in [-0.05, 0) is 55.0 Å². The third-order valence-electron chi connectivity index (χ3n) is 4.08. The Bertz CT molecular complexity index is 1100. The summed E-state index contributed by atoms with van der Waals surface area (Å²) in [5, 5.41) is 2.77. The van der Waals surface area contributed by atoms with Crippen LogP contribution >= 0.6 is 0 Å². The zero-order valence-corrected chi connectivity index (χ0v) is 17.2. The second-order valence-electron chi connectivity index (χ2n) is 6.22. The number of carbonyl (C=O) groups excluding carboxylic acids is 1. The quantitative estimate of drug-likeness (QED) is 0.507. The van der Waals surface area contributed by atoms with E-state index in [0.29, 0.717) is 29.4 Å². The summed E-state index contributed by atoms with van der Waals surface area (Å²) in [6, 6.07) is 16.8. The Labute approximate surface area is 175 Å². The van der Waals surface area contributed by atoms with Crippen LogP contribution in [0.4, 0.5) is 5.69 Å². The van der Waals surface area contributed by atoms with E-state index in [4.69, 9.17) is 9.15 Å². The lowest BCUT2D eigenvalue weighted by Crippen LogP contribution is -2.22. The molecule has 3 rings (SSSR count). The molecule has 2 N–H and O–H groups in total. The van der Waals surface area contributed by atoms with Crippen LogP contribution in [0.2, 0.25) is 0 Å². The number of anilines is 1. The van der Waals surface area contributed by atoms with Gasteiger partial charge in [-0.3, -0.25) is 4.79 Å². The summed E-state index contributed by atoms with van der Waals surface area (Å²) < 4.78 is 37.8. The van der Waals surface area contributed by atoms with E-state index in [-0.39, 0.29) is 17.3 Å². The van der Waals surface area contributed by atoms with Gasteiger partial charge >= 0.3 is 0 Å². The second kappa shape index (κ2) is 9.91. The molecule has 0 aliphatic rings. The van der Waals surface area contributed by atoms with Gasteiger partial charge in [0.2, 0.25) is 15.9 Å². The average molecular weight is 426 g/mol. The van der Waals surface area contributed by atoms with Crippen LogP contribution in [-0.4, -0.2) is 20.9 Å². The number of sulfonamides is 1. The highest BCUT2D eigenvalue weighted by Gasteiger charge is 2.14. The Morgan fingerprint density at radius 3 is 2.53 bits per heavy atom. The van der Waals surface area contributed by atoms with Gasteiger partial charge in [-0.15, -0.1) is 0 Å². The molecule has 1 amide bonds. The first-order valence-corrected chi connectivity index (χ1v) is 10.8. The summed E-state index contributed by atoms with van der Waals surface area (Å²) in [5.41, 5.74) is 1.27. The normalized spacial score (nSPS) is 11.5. The SMILES string of the molecule is CCOc1ccccc1NC(=O)/C=C/c1ccc(S(=O)(=O)NCc2ccco2)cc1. The van der Waals surface area contributed by atoms with Crippen LogP contribution in [-0.2, 0) is 21.4 Å². The minimum atomic E-state index is -3.66. The molecule has 0 fully saturated rings. The van der Waals surface area contributed by atoms with Gasteiger partial charge in [0.05, 0.1) is 30.0 Å². The molecule has 2 aromatic carbocycles. The molecule has 0 radical (unpaired) electrons. The van der Waals surface area contributed by atoms with Crippen molar-refractivity contribution in [2.45, 2.75) is 18.4 Å². The number of hydrogen-bond acceptors (Lipinski definition) is 5. The van der Waals surface area contributed by atoms with E-state index >= 15 is 0 Å². The Morgan fingerprint density at radius 1 is 1.07 bits per heavy atom. The summed E-state index contributed by atoms with van der Waals surface area (Å²) in [7, 11) is -3.66. The molecule has 1 aromatic heterocycles. The molecular weight excluding hydrogens is 404 g/mol. The molecule has 0 atom stereocenters. The molecule has 0 bridgehead atoms. The molecule has 30 heavy (non-hydrogen) atoms. The van der Waals surface area contributed by atoms with E-state index in [1.54, 1.807) is 48.5 Å². The van der Waals surface area contributed by atoms with Crippen molar-refractivity contribution in [3.05, 3.63) is 84.3 Å². The van der Waals surface area contributed by atoms with Gasteiger partial charge in [-0.2, -0.15) is 0 Å². The highest BCUT2D eigenvalue weighted by Crippen LogP contribution is 2.23. The Balaban J connectivity index is 1.61. The molecule has 0 saturated heterocycles. The number of furan rings is 1. The van der Waals surface area contributed by atoms with Crippen molar-refractivity contribution in [3.63, 3.8) is 0 Å². The number of ether oxygens (including phenoxy) is 1. The Morgan fingerprint density at radius 2 is 1.83 bits per heavy atom. The van der Waals surface area contributed by atoms with Gasteiger partial charge in [0, 0.05) is 6.08 Å². The fourth-order valence-corrected chi connectivity index (χ4v) is 3.61. The second-order valence-corrected chi connectivity index (χ2v) is 7.99. The maximum absolute atomic E-state index is 12.3. The summed E-state index contributed by atoms with van der Waals surface area (Å²) in [6.45, 7) is 2.43. The molecule has 0 unspecified atom stereocenters. The number of para-hydroxylation sites is 2. The van der Waals surface area contributed by atoms with Crippen LogP contribution in [0.1, 0.15) is 18.2 Å². The highest BCUT2D eigenvalue weighted by molar-refractivity contribution is 7.89. The fraction of sp³-hybridized carbons (Fsp3) is 0.136. The van der Waals surface area contributed by atoms with Crippen molar-refractivity contribution < 1.29 is 22.4 Å². The minimum Gasteiger partial charge on any atom is -0.492 e. The molecule has 1 heterocycles. The highest BCUT2D eigenvalue weighted by atomic mass is 32.2. The van der Waals surface area contributed by atoms with Crippen LogP contribution in [0.15, 0.2) is 82.3 Å². The van der Waals surface area contributed by atoms with E-state index in [2.05, 4.69) is 10.0 Å². The van der Waals surface area contributed by atoms with Crippen LogP contribution in [0.25, 0.3) is 6.08 Å². The predicted molar refractivity (Wildman–Crippen MR) is 114 cm³/mol. The van der Waals surface area contributed by atoms with Crippen LogP contribution < -0.4 is 14.8 Å². The molecular formula is C22H22N2O5S. The average Bonchev–Trinajstić information content (AvgIpc) is 3.27. The Hall–Kier alpha value is -3.36. The monoisotopic (exact) mass is 426 g/mol. The number of benzene rings is 2. The molecule has 3 aromatic rings. The molecule has 156 valence electrons. The van der Waals surface area contributed by atoms with Crippen molar-refractivity contribution in [2.75, 3.05) is 11.9 Å². The van der Waals surface area contributed by atoms with E-state index in [0.717, 1.165) is 0 Å². The van der Waals surface area contributed by atoms with Crippen LogP contribution in [0, 0.1) is 0 Å². The number of carbonyl (C=O) groups is 1. The number of nitrogens with one attached hydrogen (secondary N) is 2. The van der Waals surface area contributed by atoms with Crippen molar-refractivity contribution in [1.29, 1.82) is 0 Å². The zero-order chi connectivity index (χ0) is 21.4. The Kier molecular flexibility index (Phi) is 7.05. The summed E-state index contributed by atoms with van der Waals surface area (Å²) in [6.07, 6.45) is 4.46. The largest absolute Gasteiger partial charge is 0.492 e. The van der Waals surface area contributed by atoms with E-state index in [1.807, 2.05) is 13.0 Å². The lowest BCUT2D eigenvalue weighted by Gasteiger charge is -2.09. The van der Waals surface area contributed by atoms with Gasteiger partial charge in [0.15, 0.2) is 0 Å². The molecule has 7 nitrogen and oxygen atoms in total. The molecule has 0 spiro atoms. The standard InChI is InChI=1S/C22H22N2O5S/c1-2-28-21-8-4-3-7-20(21)24-22(25)14-11-17-9-12-19(13-10-17)30(26,27)23-16-18-6-5-15-29-18/h3-15,23H,2,16H2,1H3,(H,24,25)/b14-11+. The number of rotatable bonds is 9. The maximum Gasteiger partial charge on any atom is 0.248 e. The van der Waals surface area contributed by atoms with Gasteiger partial charge in [-0.25, -0.2) is 13.1 Å². The number of amides is 1. The van der Waals surface area contributed by atoms with Gasteiger partial charge < -0.3 is 14.5 Å². The minimum absolute atomic E-state index is 0.0698. The van der Waals surface area contributed by atoms with Crippen molar-refractivity contribution in [1.82, 2.24) is 4.72 Å². The van der Waals surface area contributed by atoms with E-state index in [1.165, 1.54) is 24.5 Å². The summed E-state index contributed by atoms with van der Waals surface area (Å²) >= 11 is 0. The first kappa shape index (κ1) is 21.4. The third kappa shape index (κ3) is 5.82. The van der Waals surface area contributed by atoms with Crippen molar-refractivity contribution in [2.24, 2.45) is 0 Å². The zero-order valence-electron chi connectivity index (χ0n) is 16.4. The lowest BCUT2D eigenvalue weighted by molar-refractivity contribution is -0.111. The van der Waals surface area contributed by atoms with Crippen LogP contribution in [0.5, 0.6) is 5.75 Å². The van der Waals surface area contributed by atoms with E-state index in [9.17, 15) is 13.2 Å². The van der Waals surface area contributed by atoms with Crippen LogP contribution in [0.3, 0.4) is 0 Å². The molecule has 0 aliphatic heterocycles.